The van der Waals surface area contributed by atoms with Crippen molar-refractivity contribution in [1.29, 1.82) is 0 Å². The van der Waals surface area contributed by atoms with Gasteiger partial charge in [0.1, 0.15) is 73.2 Å². The molecule has 19 heteroatoms. The molecule has 3 aliphatic rings. The minimum Gasteiger partial charge on any atom is -0.394 e. The number of carbonyl (C=O) groups is 1. The van der Waals surface area contributed by atoms with Crippen molar-refractivity contribution in [3.63, 3.8) is 0 Å². The molecule has 12 N–H and O–H groups in total. The zero-order chi connectivity index (χ0) is 73.2. The molecule has 0 spiro atoms. The molecule has 0 aromatic carbocycles. The third kappa shape index (κ3) is 42.2. The summed E-state index contributed by atoms with van der Waals surface area (Å²) in [5, 5.41) is 121. The van der Waals surface area contributed by atoms with Crippen LogP contribution in [-0.2, 0) is 33.2 Å². The van der Waals surface area contributed by atoms with Crippen LogP contribution in [0, 0.1) is 0 Å². The molecule has 3 saturated heterocycles. The van der Waals surface area contributed by atoms with Crippen LogP contribution in [0.4, 0.5) is 0 Å². The van der Waals surface area contributed by atoms with E-state index in [2.05, 4.69) is 92.1 Å². The molecule has 1 amide bonds. The van der Waals surface area contributed by atoms with E-state index in [0.29, 0.717) is 6.42 Å². The second-order valence-corrected chi connectivity index (χ2v) is 28.5. The van der Waals surface area contributed by atoms with E-state index in [0.717, 1.165) is 83.5 Å². The van der Waals surface area contributed by atoms with Crippen molar-refractivity contribution in [2.45, 2.75) is 401 Å². The van der Waals surface area contributed by atoms with E-state index < -0.39 is 124 Å². The first-order valence-electron chi connectivity index (χ1n) is 40.3. The minimum atomic E-state index is -1.98. The van der Waals surface area contributed by atoms with Crippen molar-refractivity contribution in [3.05, 3.63) is 85.1 Å². The summed E-state index contributed by atoms with van der Waals surface area (Å²) in [6.45, 7) is 1.64. The molecule has 0 aliphatic carbocycles. The van der Waals surface area contributed by atoms with Crippen LogP contribution in [0.3, 0.4) is 0 Å². The Kier molecular flexibility index (Phi) is 56.6. The number of nitrogens with one attached hydrogen (secondary N) is 1. The van der Waals surface area contributed by atoms with Gasteiger partial charge in [-0.15, -0.1) is 0 Å². The zero-order valence-electron chi connectivity index (χ0n) is 62.6. The molecule has 586 valence electrons. The van der Waals surface area contributed by atoms with Crippen LogP contribution in [0.15, 0.2) is 85.1 Å². The molecule has 17 unspecified atom stereocenters. The van der Waals surface area contributed by atoms with E-state index in [-0.39, 0.29) is 18.9 Å². The molecule has 3 aliphatic heterocycles. The molecule has 0 aromatic heterocycles. The SMILES string of the molecule is CC/C=C\C/C=C\C/C=C\C/C=C\C/C=C\C/C=C\CCCCCCCCCCCCCCCCCCCCCCC(=O)NC(COC1OC(CO)C(OC2OC(CO)C(OC3OC(CO)C(O)C(O)C3O)C(O)C2O)C(O)C1O)C(O)/C=C/CCCCCCCCCCCCCCCCC. The van der Waals surface area contributed by atoms with E-state index >= 15 is 0 Å². The summed E-state index contributed by atoms with van der Waals surface area (Å²) >= 11 is 0. The second kappa shape index (κ2) is 62.1. The smallest absolute Gasteiger partial charge is 0.220 e. The summed E-state index contributed by atoms with van der Waals surface area (Å²) in [5.74, 6) is -0.273. The molecule has 3 rings (SSSR count). The van der Waals surface area contributed by atoms with Crippen molar-refractivity contribution < 1.29 is 89.4 Å². The minimum absolute atomic E-state index is 0.243. The molecule has 101 heavy (non-hydrogen) atoms. The maximum absolute atomic E-state index is 13.5. The van der Waals surface area contributed by atoms with Gasteiger partial charge in [-0.1, -0.05) is 304 Å². The Labute approximate surface area is 610 Å². The van der Waals surface area contributed by atoms with Gasteiger partial charge in [0.15, 0.2) is 18.9 Å². The average Bonchev–Trinajstić information content (AvgIpc) is 0.792. The number of aliphatic hydroxyl groups excluding tert-OH is 11. The number of ether oxygens (including phenoxy) is 6. The summed E-state index contributed by atoms with van der Waals surface area (Å²) in [6.07, 6.45) is 55.8. The molecule has 0 bridgehead atoms. The standard InChI is InChI=1S/C82H145NO18/c1-3-5-7-9-11-13-15-17-19-21-22-23-24-25-26-27-28-29-30-31-32-33-34-35-36-37-38-39-40-41-42-44-46-48-50-52-54-56-58-60-70(88)83-65(66(87)59-57-55-53-51-49-47-45-43-20-18-16-14-12-10-8-6-4-2)64-96-80-76(94)73(91)78(68(62-85)98-80)101-82-77(95)74(92)79(69(63-86)99-82)100-81-75(93)72(90)71(89)67(61-84)97-81/h5,7,11,13,17,19,22-23,25-26,28-29,57,59,65-69,71-82,84-87,89-95H,3-4,6,8-10,12,14-16,18,20-21,24,27,30-56,58,60-64H2,1-2H3,(H,83,88)/b7-5-,13-11-,19-17-,23-22-,26-25-,29-28-,59-57+. The monoisotopic (exact) mass is 1430 g/mol. The lowest BCUT2D eigenvalue weighted by Gasteiger charge is -2.48. The fraction of sp³-hybridized carbons (Fsp3) is 0.817. The molecule has 0 saturated carbocycles. The predicted octanol–water partition coefficient (Wildman–Crippen LogP) is 13.4. The Balaban J connectivity index is 1.31. The third-order valence-corrected chi connectivity index (χ3v) is 19.7. The second-order valence-electron chi connectivity index (χ2n) is 28.5. The molecule has 19 nitrogen and oxygen atoms in total. The number of aliphatic hydroxyl groups is 11. The van der Waals surface area contributed by atoms with Crippen LogP contribution in [0.1, 0.15) is 296 Å². The number of allylic oxidation sites excluding steroid dienone is 13. The highest BCUT2D eigenvalue weighted by molar-refractivity contribution is 5.76. The Hall–Kier alpha value is -3.03. The van der Waals surface area contributed by atoms with Crippen molar-refractivity contribution in [2.75, 3.05) is 26.4 Å². The number of carbonyl (C=O) groups excluding carboxylic acids is 1. The lowest BCUT2D eigenvalue weighted by Crippen LogP contribution is -2.66. The molecule has 0 radical (unpaired) electrons. The highest BCUT2D eigenvalue weighted by atomic mass is 16.8. The highest BCUT2D eigenvalue weighted by Gasteiger charge is 2.54. The van der Waals surface area contributed by atoms with Crippen LogP contribution >= 0.6 is 0 Å². The van der Waals surface area contributed by atoms with Crippen molar-refractivity contribution in [3.8, 4) is 0 Å². The maximum atomic E-state index is 13.5. The number of amides is 1. The number of unbranched alkanes of at least 4 members (excludes halogenated alkanes) is 35. The van der Waals surface area contributed by atoms with Crippen LogP contribution < -0.4 is 5.32 Å². The largest absolute Gasteiger partial charge is 0.394 e. The van der Waals surface area contributed by atoms with Gasteiger partial charge < -0.3 is 89.9 Å². The van der Waals surface area contributed by atoms with Crippen LogP contribution in [-0.4, -0.2) is 193 Å². The first-order chi connectivity index (χ1) is 49.3. The predicted molar refractivity (Wildman–Crippen MR) is 401 cm³/mol. The summed E-state index contributed by atoms with van der Waals surface area (Å²) in [7, 11) is 0. The van der Waals surface area contributed by atoms with Gasteiger partial charge in [0.25, 0.3) is 0 Å². The molecule has 3 fully saturated rings. The lowest BCUT2D eigenvalue weighted by atomic mass is 9.96. The topological polar surface area (TPSA) is 307 Å². The van der Waals surface area contributed by atoms with Gasteiger partial charge in [0, 0.05) is 6.42 Å². The quantitative estimate of drug-likeness (QED) is 0.0199. The van der Waals surface area contributed by atoms with Gasteiger partial charge in [0.05, 0.1) is 38.6 Å². The highest BCUT2D eigenvalue weighted by Crippen LogP contribution is 2.33. The molecule has 3 heterocycles. The van der Waals surface area contributed by atoms with Crippen LogP contribution in [0.25, 0.3) is 0 Å². The third-order valence-electron chi connectivity index (χ3n) is 19.7. The first-order valence-corrected chi connectivity index (χ1v) is 40.3. The lowest BCUT2D eigenvalue weighted by molar-refractivity contribution is -0.379. The average molecular weight is 1430 g/mol. The molecular weight excluding hydrogens is 1290 g/mol. The van der Waals surface area contributed by atoms with Gasteiger partial charge in [-0.25, -0.2) is 0 Å². The summed E-state index contributed by atoms with van der Waals surface area (Å²) in [6, 6.07) is -0.975. The Bertz CT molecular complexity index is 2150. The van der Waals surface area contributed by atoms with Gasteiger partial charge in [0.2, 0.25) is 5.91 Å². The number of hydrogen-bond donors (Lipinski definition) is 12. The van der Waals surface area contributed by atoms with Crippen molar-refractivity contribution in [2.24, 2.45) is 0 Å². The van der Waals surface area contributed by atoms with Crippen LogP contribution in [0.5, 0.6) is 0 Å². The maximum Gasteiger partial charge on any atom is 0.220 e. The van der Waals surface area contributed by atoms with Gasteiger partial charge in [-0.2, -0.15) is 0 Å². The zero-order valence-corrected chi connectivity index (χ0v) is 62.6. The van der Waals surface area contributed by atoms with Gasteiger partial charge in [-0.05, 0) is 70.6 Å². The van der Waals surface area contributed by atoms with Crippen LogP contribution in [0.2, 0.25) is 0 Å². The van der Waals surface area contributed by atoms with Gasteiger partial charge >= 0.3 is 0 Å². The Morgan fingerprint density at radius 3 is 1.07 bits per heavy atom. The first kappa shape index (κ1) is 92.2. The molecular formula is C82H145NO18. The van der Waals surface area contributed by atoms with Gasteiger partial charge in [-0.3, -0.25) is 4.79 Å². The number of rotatable bonds is 63. The number of hydrogen-bond acceptors (Lipinski definition) is 18. The summed E-state index contributed by atoms with van der Waals surface area (Å²) in [5.41, 5.74) is 0. The van der Waals surface area contributed by atoms with Crippen molar-refractivity contribution in [1.82, 2.24) is 5.32 Å². The molecule has 17 atom stereocenters. The Morgan fingerprint density at radius 2 is 0.683 bits per heavy atom. The normalized spacial score (nSPS) is 26.8. The van der Waals surface area contributed by atoms with E-state index in [1.54, 1.807) is 6.08 Å². The van der Waals surface area contributed by atoms with E-state index in [1.165, 1.54) is 186 Å². The Morgan fingerprint density at radius 1 is 0.366 bits per heavy atom. The summed E-state index contributed by atoms with van der Waals surface area (Å²) < 4.78 is 34.4. The van der Waals surface area contributed by atoms with E-state index in [1.807, 2.05) is 6.08 Å². The van der Waals surface area contributed by atoms with Crippen molar-refractivity contribution >= 4 is 5.91 Å². The fourth-order valence-corrected chi connectivity index (χ4v) is 13.3. The fourth-order valence-electron chi connectivity index (χ4n) is 13.3. The van der Waals surface area contributed by atoms with E-state index in [4.69, 9.17) is 28.4 Å². The van der Waals surface area contributed by atoms with E-state index in [9.17, 15) is 61.0 Å². The summed E-state index contributed by atoms with van der Waals surface area (Å²) in [4.78, 5) is 13.5. The molecule has 0 aromatic rings.